The molecule has 2 aliphatic heterocycles. The van der Waals surface area contributed by atoms with Crippen LogP contribution in [0.2, 0.25) is 0 Å². The van der Waals surface area contributed by atoms with Gasteiger partial charge in [0, 0.05) is 12.2 Å². The highest BCUT2D eigenvalue weighted by Gasteiger charge is 2.60. The van der Waals surface area contributed by atoms with Crippen LogP contribution in [-0.2, 0) is 33.3 Å². The fourth-order valence-corrected chi connectivity index (χ4v) is 5.25. The fraction of sp³-hybridized carbons (Fsp3) is 0.455. The molecule has 50 heavy (non-hydrogen) atoms. The van der Waals surface area contributed by atoms with E-state index in [4.69, 9.17) is 37.9 Å². The van der Waals surface area contributed by atoms with Gasteiger partial charge in [0.05, 0.1) is 27.9 Å². The second-order valence-electron chi connectivity index (χ2n) is 11.1. The van der Waals surface area contributed by atoms with Crippen molar-refractivity contribution in [2.45, 2.75) is 54.8 Å². The first-order valence-electron chi connectivity index (χ1n) is 15.2. The third-order valence-electron chi connectivity index (χ3n) is 7.90. The highest BCUT2D eigenvalue weighted by atomic mass is 16.8. The zero-order chi connectivity index (χ0) is 36.6. The number of hydrogen-bond donors (Lipinski definition) is 7. The molecule has 2 aliphatic rings. The number of esters is 2. The number of aromatic hydroxyl groups is 1. The largest absolute Gasteiger partial charge is 0.508 e. The SMILES string of the molecule is COc1cc(/C=C/C(=O)O[C@H]2[C@H](O)[C@@H](CO)O[C@@]2(CO)O[C@H]2O[C@H](COC(=O)/C=C/c3ccc(O)cc3)[C@@H](O)[C@@H](O)[C@H]2O)cc(OC)c1OC. The van der Waals surface area contributed by atoms with E-state index >= 15 is 0 Å². The number of ether oxygens (including phenoxy) is 8. The second-order valence-corrected chi connectivity index (χ2v) is 11.1. The van der Waals surface area contributed by atoms with Gasteiger partial charge in [-0.3, -0.25) is 0 Å². The molecular weight excluding hydrogens is 668 g/mol. The number of aliphatic hydroxyl groups is 6. The Morgan fingerprint density at radius 3 is 2.00 bits per heavy atom. The van der Waals surface area contributed by atoms with Crippen molar-refractivity contribution in [2.24, 2.45) is 0 Å². The van der Waals surface area contributed by atoms with Crippen LogP contribution in [0.25, 0.3) is 12.2 Å². The first-order valence-corrected chi connectivity index (χ1v) is 15.2. The van der Waals surface area contributed by atoms with E-state index in [2.05, 4.69) is 0 Å². The molecule has 0 unspecified atom stereocenters. The lowest BCUT2D eigenvalue weighted by molar-refractivity contribution is -0.383. The van der Waals surface area contributed by atoms with E-state index in [1.165, 1.54) is 45.6 Å². The van der Waals surface area contributed by atoms with Gasteiger partial charge >= 0.3 is 11.9 Å². The molecule has 274 valence electrons. The van der Waals surface area contributed by atoms with Crippen molar-refractivity contribution in [1.29, 1.82) is 0 Å². The number of carbonyl (C=O) groups excluding carboxylic acids is 2. The molecule has 0 saturated carbocycles. The summed E-state index contributed by atoms with van der Waals surface area (Å²) < 4.78 is 43.3. The summed E-state index contributed by atoms with van der Waals surface area (Å²) in [6, 6.07) is 9.01. The Labute approximate surface area is 286 Å². The van der Waals surface area contributed by atoms with Crippen LogP contribution in [0.5, 0.6) is 23.0 Å². The molecule has 17 heteroatoms. The Morgan fingerprint density at radius 1 is 0.800 bits per heavy atom. The predicted molar refractivity (Wildman–Crippen MR) is 169 cm³/mol. The van der Waals surface area contributed by atoms with Gasteiger partial charge < -0.3 is 73.6 Å². The minimum atomic E-state index is -2.47. The summed E-state index contributed by atoms with van der Waals surface area (Å²) >= 11 is 0. The van der Waals surface area contributed by atoms with Crippen molar-refractivity contribution in [1.82, 2.24) is 0 Å². The van der Waals surface area contributed by atoms with Gasteiger partial charge in [0.2, 0.25) is 11.5 Å². The van der Waals surface area contributed by atoms with Gasteiger partial charge in [-0.2, -0.15) is 0 Å². The molecule has 0 radical (unpaired) electrons. The summed E-state index contributed by atoms with van der Waals surface area (Å²) in [6.07, 6.45) is -9.36. The molecule has 0 aromatic heterocycles. The molecule has 7 N–H and O–H groups in total. The van der Waals surface area contributed by atoms with E-state index in [9.17, 15) is 45.3 Å². The third-order valence-corrected chi connectivity index (χ3v) is 7.90. The van der Waals surface area contributed by atoms with Crippen LogP contribution in [0.4, 0.5) is 0 Å². The van der Waals surface area contributed by atoms with Crippen LogP contribution in [-0.4, -0.2) is 144 Å². The normalized spacial score (nSPS) is 29.6. The van der Waals surface area contributed by atoms with Crippen LogP contribution in [0, 0.1) is 0 Å². The van der Waals surface area contributed by atoms with E-state index < -0.39 is 86.6 Å². The fourth-order valence-electron chi connectivity index (χ4n) is 5.25. The molecule has 2 fully saturated rings. The van der Waals surface area contributed by atoms with E-state index in [1.807, 2.05) is 0 Å². The lowest BCUT2D eigenvalue weighted by Gasteiger charge is -2.43. The Balaban J connectivity index is 1.48. The van der Waals surface area contributed by atoms with Crippen molar-refractivity contribution in [2.75, 3.05) is 41.2 Å². The third kappa shape index (κ3) is 8.70. The maximum atomic E-state index is 13.0. The molecule has 2 saturated heterocycles. The van der Waals surface area contributed by atoms with Gasteiger partial charge in [0.15, 0.2) is 23.9 Å². The van der Waals surface area contributed by atoms with Crippen molar-refractivity contribution >= 4 is 24.1 Å². The highest BCUT2D eigenvalue weighted by Crippen LogP contribution is 2.40. The molecule has 17 nitrogen and oxygen atoms in total. The summed E-state index contributed by atoms with van der Waals surface area (Å²) in [5.74, 6) is -3.44. The second kappa shape index (κ2) is 17.1. The lowest BCUT2D eigenvalue weighted by Crippen LogP contribution is -2.63. The number of carbonyl (C=O) groups is 2. The predicted octanol–water partition coefficient (Wildman–Crippen LogP) is -1.14. The monoisotopic (exact) mass is 708 g/mol. The standard InChI is InChI=1S/C33H40O17/c1-43-20-12-18(13-21(44-2)30(20)45-3)7-11-25(38)48-31-27(40)22(14-34)49-33(31,16-35)50-32-29(42)28(41)26(39)23(47-32)15-46-24(37)10-6-17-4-8-19(36)9-5-17/h4-13,22-23,26-29,31-32,34-36,39-42H,14-16H2,1-3H3/b10-6+,11-7+/t22-,23-,26-,27-,28-,29-,31+,32-,33+/m1/s1. The molecule has 0 spiro atoms. The van der Waals surface area contributed by atoms with E-state index in [0.29, 0.717) is 28.4 Å². The molecule has 4 rings (SSSR count). The van der Waals surface area contributed by atoms with Gasteiger partial charge in [-0.25, -0.2) is 9.59 Å². The number of phenolic OH excluding ortho intramolecular Hbond substituents is 1. The van der Waals surface area contributed by atoms with Gasteiger partial charge in [0.1, 0.15) is 55.6 Å². The minimum absolute atomic E-state index is 0.0341. The molecule has 0 aliphatic carbocycles. The van der Waals surface area contributed by atoms with E-state index in [-0.39, 0.29) is 5.75 Å². The van der Waals surface area contributed by atoms with Crippen molar-refractivity contribution in [3.63, 3.8) is 0 Å². The molecule has 2 heterocycles. The van der Waals surface area contributed by atoms with Gasteiger partial charge in [0.25, 0.3) is 0 Å². The lowest BCUT2D eigenvalue weighted by atomic mass is 9.99. The number of methoxy groups -OCH3 is 3. The highest BCUT2D eigenvalue weighted by molar-refractivity contribution is 5.88. The first-order chi connectivity index (χ1) is 23.9. The molecule has 2 aromatic rings. The summed E-state index contributed by atoms with van der Waals surface area (Å²) in [5.41, 5.74) is 0.994. The Hall–Kier alpha value is -4.30. The summed E-state index contributed by atoms with van der Waals surface area (Å²) in [5, 5.41) is 72.3. The molecular formula is C33H40O17. The Morgan fingerprint density at radius 2 is 1.42 bits per heavy atom. The number of phenols is 1. The Bertz CT molecular complexity index is 1490. The van der Waals surface area contributed by atoms with E-state index in [1.54, 1.807) is 24.3 Å². The van der Waals surface area contributed by atoms with Crippen molar-refractivity contribution in [3.8, 4) is 23.0 Å². The van der Waals surface area contributed by atoms with Crippen LogP contribution in [0.1, 0.15) is 11.1 Å². The topological polar surface area (TPSA) is 250 Å². The van der Waals surface area contributed by atoms with Gasteiger partial charge in [-0.15, -0.1) is 0 Å². The number of hydrogen-bond acceptors (Lipinski definition) is 17. The Kier molecular flexibility index (Phi) is 13.2. The smallest absolute Gasteiger partial charge is 0.331 e. The van der Waals surface area contributed by atoms with Gasteiger partial charge in [-0.1, -0.05) is 12.1 Å². The summed E-state index contributed by atoms with van der Waals surface area (Å²) in [4.78, 5) is 25.3. The maximum absolute atomic E-state index is 13.0. The van der Waals surface area contributed by atoms with Crippen LogP contribution in [0.15, 0.2) is 48.6 Å². The summed E-state index contributed by atoms with van der Waals surface area (Å²) in [6.45, 7) is -2.57. The van der Waals surface area contributed by atoms with Crippen LogP contribution >= 0.6 is 0 Å². The zero-order valence-electron chi connectivity index (χ0n) is 27.2. The van der Waals surface area contributed by atoms with Crippen LogP contribution in [0.3, 0.4) is 0 Å². The summed E-state index contributed by atoms with van der Waals surface area (Å²) in [7, 11) is 4.24. The quantitative estimate of drug-likeness (QED) is 0.0905. The first kappa shape index (κ1) is 38.5. The molecule has 0 bridgehead atoms. The van der Waals surface area contributed by atoms with E-state index in [0.717, 1.165) is 12.2 Å². The average molecular weight is 709 g/mol. The molecule has 9 atom stereocenters. The number of aliphatic hydroxyl groups excluding tert-OH is 6. The number of benzene rings is 2. The molecule has 2 aromatic carbocycles. The van der Waals surface area contributed by atoms with Crippen molar-refractivity contribution in [3.05, 3.63) is 59.7 Å². The minimum Gasteiger partial charge on any atom is -0.508 e. The van der Waals surface area contributed by atoms with Crippen LogP contribution < -0.4 is 14.2 Å². The van der Waals surface area contributed by atoms with Crippen molar-refractivity contribution < 1.29 is 83.2 Å². The maximum Gasteiger partial charge on any atom is 0.331 e. The number of rotatable bonds is 14. The molecule has 0 amide bonds. The zero-order valence-corrected chi connectivity index (χ0v) is 27.2. The van der Waals surface area contributed by atoms with Gasteiger partial charge in [-0.05, 0) is 47.5 Å². The average Bonchev–Trinajstić information content (AvgIpc) is 3.39.